The van der Waals surface area contributed by atoms with Crippen molar-refractivity contribution in [2.24, 2.45) is 0 Å². The van der Waals surface area contributed by atoms with Crippen LogP contribution in [0.25, 0.3) is 5.69 Å². The zero-order chi connectivity index (χ0) is 15.1. The highest BCUT2D eigenvalue weighted by atomic mass is 16.5. The molecule has 0 unspecified atom stereocenters. The summed E-state index contributed by atoms with van der Waals surface area (Å²) in [5.74, 6) is 0.858. The molecular formula is C17H25N3O. The molecule has 0 bridgehead atoms. The van der Waals surface area contributed by atoms with Gasteiger partial charge in [0, 0.05) is 23.9 Å². The van der Waals surface area contributed by atoms with Gasteiger partial charge in [0.05, 0.1) is 19.0 Å². The number of methoxy groups -OCH3 is 1. The van der Waals surface area contributed by atoms with Crippen molar-refractivity contribution in [3.05, 3.63) is 41.7 Å². The van der Waals surface area contributed by atoms with E-state index < -0.39 is 0 Å². The number of aromatic nitrogens is 2. The standard InChI is InChI=1S/C17H25N3O/c1-4-7-17-14(12-18-10-5-2)13-19-20(17)15-8-6-9-16(11-15)21-3/h6,8-9,11,13,18H,4-5,7,10,12H2,1-3H3. The Morgan fingerprint density at radius 3 is 2.81 bits per heavy atom. The maximum atomic E-state index is 5.31. The van der Waals surface area contributed by atoms with E-state index in [4.69, 9.17) is 4.74 Å². The van der Waals surface area contributed by atoms with E-state index in [9.17, 15) is 0 Å². The minimum atomic E-state index is 0.858. The molecule has 0 saturated heterocycles. The SMILES string of the molecule is CCCNCc1cnn(-c2cccc(OC)c2)c1CCC. The summed E-state index contributed by atoms with van der Waals surface area (Å²) in [6.07, 6.45) is 5.26. The average molecular weight is 287 g/mol. The lowest BCUT2D eigenvalue weighted by Crippen LogP contribution is -2.15. The minimum Gasteiger partial charge on any atom is -0.497 e. The van der Waals surface area contributed by atoms with Gasteiger partial charge >= 0.3 is 0 Å². The number of hydrogen-bond donors (Lipinski definition) is 1. The first-order valence-electron chi connectivity index (χ1n) is 7.71. The van der Waals surface area contributed by atoms with Gasteiger partial charge in [0.2, 0.25) is 0 Å². The molecule has 0 spiro atoms. The summed E-state index contributed by atoms with van der Waals surface area (Å²) in [4.78, 5) is 0. The summed E-state index contributed by atoms with van der Waals surface area (Å²) in [5.41, 5.74) is 3.63. The Labute approximate surface area is 127 Å². The zero-order valence-electron chi connectivity index (χ0n) is 13.2. The van der Waals surface area contributed by atoms with Crippen LogP contribution in [0.1, 0.15) is 37.9 Å². The predicted octanol–water partition coefficient (Wildman–Crippen LogP) is 3.33. The van der Waals surface area contributed by atoms with Crippen LogP contribution in [0.15, 0.2) is 30.5 Å². The van der Waals surface area contributed by atoms with E-state index in [1.807, 2.05) is 29.1 Å². The molecule has 2 rings (SSSR count). The van der Waals surface area contributed by atoms with Gasteiger partial charge in [-0.25, -0.2) is 4.68 Å². The number of hydrogen-bond acceptors (Lipinski definition) is 3. The topological polar surface area (TPSA) is 39.1 Å². The van der Waals surface area contributed by atoms with Crippen molar-refractivity contribution < 1.29 is 4.74 Å². The Balaban J connectivity index is 2.29. The smallest absolute Gasteiger partial charge is 0.121 e. The Morgan fingerprint density at radius 1 is 1.24 bits per heavy atom. The van der Waals surface area contributed by atoms with Gasteiger partial charge in [0.1, 0.15) is 5.75 Å². The molecule has 0 aliphatic heterocycles. The molecule has 1 aromatic carbocycles. The summed E-state index contributed by atoms with van der Waals surface area (Å²) in [6.45, 7) is 6.30. The van der Waals surface area contributed by atoms with Crippen molar-refractivity contribution in [1.82, 2.24) is 15.1 Å². The van der Waals surface area contributed by atoms with E-state index in [1.54, 1.807) is 7.11 Å². The van der Waals surface area contributed by atoms with Crippen molar-refractivity contribution in [2.45, 2.75) is 39.7 Å². The lowest BCUT2D eigenvalue weighted by molar-refractivity contribution is 0.414. The van der Waals surface area contributed by atoms with E-state index in [0.717, 1.165) is 43.8 Å². The van der Waals surface area contributed by atoms with Gasteiger partial charge in [-0.05, 0) is 31.5 Å². The molecule has 4 heteroatoms. The number of nitrogens with one attached hydrogen (secondary N) is 1. The summed E-state index contributed by atoms with van der Waals surface area (Å²) >= 11 is 0. The summed E-state index contributed by atoms with van der Waals surface area (Å²) < 4.78 is 7.35. The molecule has 2 aromatic rings. The molecule has 1 aromatic heterocycles. The van der Waals surface area contributed by atoms with Crippen LogP contribution in [0.2, 0.25) is 0 Å². The van der Waals surface area contributed by atoms with Crippen LogP contribution in [0.3, 0.4) is 0 Å². The number of benzene rings is 1. The molecular weight excluding hydrogens is 262 g/mol. The summed E-state index contributed by atoms with van der Waals surface area (Å²) in [6, 6.07) is 8.05. The molecule has 0 saturated carbocycles. The largest absolute Gasteiger partial charge is 0.497 e. The molecule has 1 heterocycles. The van der Waals surface area contributed by atoms with E-state index in [-0.39, 0.29) is 0 Å². The fourth-order valence-corrected chi connectivity index (χ4v) is 2.42. The second kappa shape index (κ2) is 7.84. The van der Waals surface area contributed by atoms with E-state index in [0.29, 0.717) is 0 Å². The predicted molar refractivity (Wildman–Crippen MR) is 86.1 cm³/mol. The Kier molecular flexibility index (Phi) is 5.81. The highest BCUT2D eigenvalue weighted by Crippen LogP contribution is 2.20. The van der Waals surface area contributed by atoms with Gasteiger partial charge in [0.25, 0.3) is 0 Å². The molecule has 0 amide bonds. The highest BCUT2D eigenvalue weighted by Gasteiger charge is 2.11. The van der Waals surface area contributed by atoms with Crippen LogP contribution in [0, 0.1) is 0 Å². The first-order chi connectivity index (χ1) is 10.3. The summed E-state index contributed by atoms with van der Waals surface area (Å²) in [7, 11) is 1.69. The van der Waals surface area contributed by atoms with Crippen molar-refractivity contribution >= 4 is 0 Å². The van der Waals surface area contributed by atoms with Crippen LogP contribution in [-0.2, 0) is 13.0 Å². The zero-order valence-corrected chi connectivity index (χ0v) is 13.2. The number of ether oxygens (including phenoxy) is 1. The van der Waals surface area contributed by atoms with Crippen LogP contribution in [-0.4, -0.2) is 23.4 Å². The van der Waals surface area contributed by atoms with Gasteiger partial charge in [-0.15, -0.1) is 0 Å². The molecule has 4 nitrogen and oxygen atoms in total. The van der Waals surface area contributed by atoms with Crippen molar-refractivity contribution in [1.29, 1.82) is 0 Å². The van der Waals surface area contributed by atoms with Crippen molar-refractivity contribution in [3.8, 4) is 11.4 Å². The van der Waals surface area contributed by atoms with Crippen LogP contribution in [0.5, 0.6) is 5.75 Å². The van der Waals surface area contributed by atoms with E-state index in [2.05, 4.69) is 30.3 Å². The molecule has 1 N–H and O–H groups in total. The van der Waals surface area contributed by atoms with Crippen LogP contribution >= 0.6 is 0 Å². The van der Waals surface area contributed by atoms with Gasteiger partial charge < -0.3 is 10.1 Å². The second-order valence-electron chi connectivity index (χ2n) is 5.16. The fourth-order valence-electron chi connectivity index (χ4n) is 2.42. The highest BCUT2D eigenvalue weighted by molar-refractivity contribution is 5.41. The number of nitrogens with zero attached hydrogens (tertiary/aromatic N) is 2. The molecule has 0 atom stereocenters. The summed E-state index contributed by atoms with van der Waals surface area (Å²) in [5, 5.41) is 8.04. The monoisotopic (exact) mass is 287 g/mol. The first-order valence-corrected chi connectivity index (χ1v) is 7.71. The molecule has 0 radical (unpaired) electrons. The molecule has 21 heavy (non-hydrogen) atoms. The third-order valence-corrected chi connectivity index (χ3v) is 3.48. The lowest BCUT2D eigenvalue weighted by Gasteiger charge is -2.10. The molecule has 114 valence electrons. The molecule has 0 aliphatic rings. The first kappa shape index (κ1) is 15.6. The van der Waals surface area contributed by atoms with Gasteiger partial charge in [-0.1, -0.05) is 26.3 Å². The van der Waals surface area contributed by atoms with Gasteiger partial charge in [-0.3, -0.25) is 0 Å². The van der Waals surface area contributed by atoms with E-state index >= 15 is 0 Å². The third kappa shape index (κ3) is 3.85. The molecule has 0 aliphatic carbocycles. The van der Waals surface area contributed by atoms with Gasteiger partial charge in [-0.2, -0.15) is 5.10 Å². The fraction of sp³-hybridized carbons (Fsp3) is 0.471. The van der Waals surface area contributed by atoms with Gasteiger partial charge in [0.15, 0.2) is 0 Å². The lowest BCUT2D eigenvalue weighted by atomic mass is 10.1. The normalized spacial score (nSPS) is 10.8. The maximum absolute atomic E-state index is 5.31. The van der Waals surface area contributed by atoms with Crippen LogP contribution in [0.4, 0.5) is 0 Å². The third-order valence-electron chi connectivity index (χ3n) is 3.48. The Bertz CT molecular complexity index is 563. The quantitative estimate of drug-likeness (QED) is 0.757. The van der Waals surface area contributed by atoms with Crippen molar-refractivity contribution in [2.75, 3.05) is 13.7 Å². The average Bonchev–Trinajstić information content (AvgIpc) is 2.91. The van der Waals surface area contributed by atoms with Crippen LogP contribution < -0.4 is 10.1 Å². The van der Waals surface area contributed by atoms with Crippen molar-refractivity contribution in [3.63, 3.8) is 0 Å². The molecule has 0 fully saturated rings. The van der Waals surface area contributed by atoms with E-state index in [1.165, 1.54) is 11.3 Å². The maximum Gasteiger partial charge on any atom is 0.121 e. The Hall–Kier alpha value is -1.81. The minimum absolute atomic E-state index is 0.858. The number of rotatable bonds is 8. The Morgan fingerprint density at radius 2 is 2.10 bits per heavy atom. The second-order valence-corrected chi connectivity index (χ2v) is 5.16.